The zero-order valence-corrected chi connectivity index (χ0v) is 17.9. The van der Waals surface area contributed by atoms with Gasteiger partial charge in [0.05, 0.1) is 32.8 Å². The summed E-state index contributed by atoms with van der Waals surface area (Å²) in [6, 6.07) is 6.06. The molecule has 0 atom stereocenters. The number of hydrogen-bond donors (Lipinski definition) is 0. The largest absolute Gasteiger partial charge is 0.491 e. The number of para-hydroxylation sites is 1. The summed E-state index contributed by atoms with van der Waals surface area (Å²) in [5, 5.41) is 0. The molecule has 9 nitrogen and oxygen atoms in total. The highest BCUT2D eigenvalue weighted by Crippen LogP contribution is 2.21. The third kappa shape index (κ3) is 4.63. The summed E-state index contributed by atoms with van der Waals surface area (Å²) in [5.41, 5.74) is 2.23. The molecule has 1 aromatic carbocycles. The first-order valence-corrected chi connectivity index (χ1v) is 9.87. The summed E-state index contributed by atoms with van der Waals surface area (Å²) in [6.45, 7) is 6.76. The van der Waals surface area contributed by atoms with Gasteiger partial charge in [0.2, 0.25) is 0 Å². The summed E-state index contributed by atoms with van der Waals surface area (Å²) in [4.78, 5) is 28.5. The van der Waals surface area contributed by atoms with Gasteiger partial charge < -0.3 is 18.8 Å². The molecule has 3 aromatic rings. The Morgan fingerprint density at radius 3 is 2.23 bits per heavy atom. The van der Waals surface area contributed by atoms with Gasteiger partial charge in [-0.15, -0.1) is 0 Å². The first-order valence-electron chi connectivity index (χ1n) is 9.87. The lowest BCUT2D eigenvalue weighted by Gasteiger charge is -2.12. The Kier molecular flexibility index (Phi) is 7.07. The molecule has 0 aliphatic rings. The first kappa shape index (κ1) is 21.8. The predicted octanol–water partition coefficient (Wildman–Crippen LogP) is 1.16. The minimum atomic E-state index is -0.396. The molecule has 2 aromatic heterocycles. The Hall–Kier alpha value is -2.91. The molecule has 3 rings (SSSR count). The van der Waals surface area contributed by atoms with Crippen LogP contribution in [0, 0.1) is 13.8 Å². The van der Waals surface area contributed by atoms with E-state index in [1.807, 2.05) is 32.0 Å². The highest BCUT2D eigenvalue weighted by Gasteiger charge is 2.13. The van der Waals surface area contributed by atoms with Crippen LogP contribution in [-0.4, -0.2) is 51.7 Å². The Balaban J connectivity index is 1.38. The summed E-state index contributed by atoms with van der Waals surface area (Å²) in [7, 11) is 3.05. The summed E-state index contributed by atoms with van der Waals surface area (Å²) < 4.78 is 21.1. The average Bonchev–Trinajstić information content (AvgIpc) is 3.15. The third-order valence-electron chi connectivity index (χ3n) is 4.95. The van der Waals surface area contributed by atoms with Crippen LogP contribution < -0.4 is 16.0 Å². The molecule has 30 heavy (non-hydrogen) atoms. The third-order valence-corrected chi connectivity index (χ3v) is 4.95. The van der Waals surface area contributed by atoms with E-state index in [4.69, 9.17) is 14.2 Å². The van der Waals surface area contributed by atoms with Crippen molar-refractivity contribution in [3.05, 3.63) is 56.5 Å². The smallest absolute Gasteiger partial charge is 0.332 e. The van der Waals surface area contributed by atoms with E-state index in [9.17, 15) is 9.59 Å². The van der Waals surface area contributed by atoms with Gasteiger partial charge in [-0.05, 0) is 25.0 Å². The molecule has 0 N–H and O–H groups in total. The van der Waals surface area contributed by atoms with Gasteiger partial charge in [0, 0.05) is 20.6 Å². The van der Waals surface area contributed by atoms with Crippen LogP contribution in [0.3, 0.4) is 0 Å². The van der Waals surface area contributed by atoms with Crippen molar-refractivity contribution in [3.63, 3.8) is 0 Å². The van der Waals surface area contributed by atoms with E-state index in [1.54, 1.807) is 17.9 Å². The first-order chi connectivity index (χ1) is 14.4. The van der Waals surface area contributed by atoms with E-state index in [-0.39, 0.29) is 5.56 Å². The van der Waals surface area contributed by atoms with Gasteiger partial charge in [-0.3, -0.25) is 13.9 Å². The summed E-state index contributed by atoms with van der Waals surface area (Å²) in [5.74, 6) is 0.911. The zero-order chi connectivity index (χ0) is 21.7. The molecule has 9 heteroatoms. The fourth-order valence-electron chi connectivity index (χ4n) is 3.28. The summed E-state index contributed by atoms with van der Waals surface area (Å²) >= 11 is 0. The van der Waals surface area contributed by atoms with Crippen molar-refractivity contribution in [1.29, 1.82) is 0 Å². The molecule has 162 valence electrons. The van der Waals surface area contributed by atoms with Crippen molar-refractivity contribution < 1.29 is 14.2 Å². The van der Waals surface area contributed by atoms with Gasteiger partial charge in [0.15, 0.2) is 11.2 Å². The van der Waals surface area contributed by atoms with Crippen LogP contribution in [-0.2, 0) is 30.1 Å². The summed E-state index contributed by atoms with van der Waals surface area (Å²) in [6.07, 6.45) is 1.55. The molecule has 0 saturated heterocycles. The standard InChI is InChI=1S/C21H28N4O5/c1-15-6-5-7-16(2)18(15)30-13-12-29-11-10-28-9-8-25-14-22-19-17(25)20(26)24(4)21(27)23(19)3/h5-7,14H,8-13H2,1-4H3. The Morgan fingerprint density at radius 2 is 1.53 bits per heavy atom. The molecular weight excluding hydrogens is 388 g/mol. The highest BCUT2D eigenvalue weighted by molar-refractivity contribution is 5.69. The Labute approximate surface area is 174 Å². The quantitative estimate of drug-likeness (QED) is 0.461. The van der Waals surface area contributed by atoms with Crippen LogP contribution in [0.25, 0.3) is 11.2 Å². The number of hydrogen-bond acceptors (Lipinski definition) is 6. The lowest BCUT2D eigenvalue weighted by Crippen LogP contribution is -2.37. The maximum atomic E-state index is 12.4. The number of nitrogens with zero attached hydrogens (tertiary/aromatic N) is 4. The second-order valence-corrected chi connectivity index (χ2v) is 7.11. The number of rotatable bonds is 10. The minimum absolute atomic E-state index is 0.363. The van der Waals surface area contributed by atoms with E-state index in [0.29, 0.717) is 50.7 Å². The fourth-order valence-corrected chi connectivity index (χ4v) is 3.28. The molecule has 0 amide bonds. The fraction of sp³-hybridized carbons (Fsp3) is 0.476. The maximum Gasteiger partial charge on any atom is 0.332 e. The zero-order valence-electron chi connectivity index (χ0n) is 17.9. The number of benzene rings is 1. The molecule has 0 radical (unpaired) electrons. The Morgan fingerprint density at radius 1 is 0.900 bits per heavy atom. The number of ether oxygens (including phenoxy) is 3. The molecule has 0 unspecified atom stereocenters. The number of imidazole rings is 1. The van der Waals surface area contributed by atoms with Crippen LogP contribution in [0.5, 0.6) is 5.75 Å². The van der Waals surface area contributed by atoms with E-state index >= 15 is 0 Å². The van der Waals surface area contributed by atoms with Crippen molar-refractivity contribution in [2.75, 3.05) is 33.0 Å². The second-order valence-electron chi connectivity index (χ2n) is 7.11. The minimum Gasteiger partial charge on any atom is -0.491 e. The second kappa shape index (κ2) is 9.73. The van der Waals surface area contributed by atoms with Crippen LogP contribution in [0.15, 0.2) is 34.1 Å². The lowest BCUT2D eigenvalue weighted by atomic mass is 10.1. The van der Waals surface area contributed by atoms with Crippen LogP contribution >= 0.6 is 0 Å². The van der Waals surface area contributed by atoms with Crippen molar-refractivity contribution in [2.24, 2.45) is 14.1 Å². The molecule has 0 fully saturated rings. The van der Waals surface area contributed by atoms with E-state index in [2.05, 4.69) is 4.98 Å². The molecule has 2 heterocycles. The molecule has 0 aliphatic carbocycles. The van der Waals surface area contributed by atoms with Gasteiger partial charge in [0.1, 0.15) is 12.4 Å². The van der Waals surface area contributed by atoms with Crippen LogP contribution in [0.2, 0.25) is 0 Å². The molecule has 0 spiro atoms. The Bertz CT molecular complexity index is 1110. The van der Waals surface area contributed by atoms with E-state index < -0.39 is 5.69 Å². The maximum absolute atomic E-state index is 12.4. The van der Waals surface area contributed by atoms with Gasteiger partial charge in [-0.25, -0.2) is 9.78 Å². The molecule has 0 aliphatic heterocycles. The van der Waals surface area contributed by atoms with Crippen molar-refractivity contribution in [2.45, 2.75) is 20.4 Å². The van der Waals surface area contributed by atoms with Gasteiger partial charge in [0.25, 0.3) is 5.56 Å². The lowest BCUT2D eigenvalue weighted by molar-refractivity contribution is 0.0341. The van der Waals surface area contributed by atoms with Gasteiger partial charge >= 0.3 is 5.69 Å². The van der Waals surface area contributed by atoms with Gasteiger partial charge in [-0.2, -0.15) is 0 Å². The highest BCUT2D eigenvalue weighted by atomic mass is 16.5. The molecular formula is C21H28N4O5. The number of fused-ring (bicyclic) bond motifs is 1. The predicted molar refractivity (Wildman–Crippen MR) is 113 cm³/mol. The SMILES string of the molecule is Cc1cccc(C)c1OCCOCCOCCn1cnc2c1c(=O)n(C)c(=O)n2C. The van der Waals surface area contributed by atoms with Gasteiger partial charge in [-0.1, -0.05) is 18.2 Å². The van der Waals surface area contributed by atoms with Crippen LogP contribution in [0.1, 0.15) is 11.1 Å². The van der Waals surface area contributed by atoms with Crippen molar-refractivity contribution in [1.82, 2.24) is 18.7 Å². The monoisotopic (exact) mass is 416 g/mol. The average molecular weight is 416 g/mol. The number of aryl methyl sites for hydroxylation is 3. The topological polar surface area (TPSA) is 89.5 Å². The normalized spacial score (nSPS) is 11.3. The molecule has 0 bridgehead atoms. The molecule has 0 saturated carbocycles. The van der Waals surface area contributed by atoms with Crippen molar-refractivity contribution >= 4 is 11.2 Å². The van der Waals surface area contributed by atoms with Crippen molar-refractivity contribution in [3.8, 4) is 5.75 Å². The number of aromatic nitrogens is 4. The van der Waals surface area contributed by atoms with Crippen LogP contribution in [0.4, 0.5) is 0 Å². The van der Waals surface area contributed by atoms with E-state index in [1.165, 1.54) is 11.6 Å². The van der Waals surface area contributed by atoms with E-state index in [0.717, 1.165) is 21.4 Å².